The van der Waals surface area contributed by atoms with Crippen molar-refractivity contribution in [1.29, 1.82) is 0 Å². The zero-order valence-electron chi connectivity index (χ0n) is 11.9. The maximum absolute atomic E-state index is 5.79. The largest absolute Gasteiger partial charge is 0.494 e. The number of allylic oxidation sites excluding steroid dienone is 1. The third-order valence-corrected chi connectivity index (χ3v) is 3.79. The highest BCUT2D eigenvalue weighted by Gasteiger charge is 2.13. The Balaban J connectivity index is 1.80. The summed E-state index contributed by atoms with van der Waals surface area (Å²) in [5.41, 5.74) is 1.58. The van der Waals surface area contributed by atoms with Crippen molar-refractivity contribution in [2.75, 3.05) is 13.7 Å². The molecule has 0 aliphatic heterocycles. The highest BCUT2D eigenvalue weighted by Crippen LogP contribution is 2.21. The van der Waals surface area contributed by atoms with Crippen molar-refractivity contribution in [3.05, 3.63) is 42.0 Å². The van der Waals surface area contributed by atoms with Gasteiger partial charge in [0.2, 0.25) is 0 Å². The SMILES string of the molecule is CNC(CCOc1ccccc1)C1=CCCCCC1. The van der Waals surface area contributed by atoms with Crippen LogP contribution in [0.15, 0.2) is 42.0 Å². The first-order valence-electron chi connectivity index (χ1n) is 7.44. The number of hydrogen-bond acceptors (Lipinski definition) is 2. The molecule has 0 saturated carbocycles. The highest BCUT2D eigenvalue weighted by molar-refractivity contribution is 5.21. The summed E-state index contributed by atoms with van der Waals surface area (Å²) in [6, 6.07) is 10.5. The molecule has 104 valence electrons. The number of benzene rings is 1. The van der Waals surface area contributed by atoms with Crippen LogP contribution in [-0.4, -0.2) is 19.7 Å². The molecule has 0 fully saturated rings. The molecule has 0 heterocycles. The smallest absolute Gasteiger partial charge is 0.119 e. The van der Waals surface area contributed by atoms with E-state index in [2.05, 4.69) is 18.4 Å². The predicted molar refractivity (Wildman–Crippen MR) is 80.6 cm³/mol. The van der Waals surface area contributed by atoms with E-state index in [1.165, 1.54) is 32.1 Å². The van der Waals surface area contributed by atoms with E-state index >= 15 is 0 Å². The van der Waals surface area contributed by atoms with Crippen LogP contribution in [0.3, 0.4) is 0 Å². The van der Waals surface area contributed by atoms with Gasteiger partial charge in [0.25, 0.3) is 0 Å². The zero-order chi connectivity index (χ0) is 13.3. The first kappa shape index (κ1) is 14.1. The van der Waals surface area contributed by atoms with Crippen molar-refractivity contribution in [3.63, 3.8) is 0 Å². The van der Waals surface area contributed by atoms with Crippen LogP contribution < -0.4 is 10.1 Å². The summed E-state index contributed by atoms with van der Waals surface area (Å²) in [4.78, 5) is 0. The van der Waals surface area contributed by atoms with Crippen molar-refractivity contribution in [2.24, 2.45) is 0 Å². The maximum Gasteiger partial charge on any atom is 0.119 e. The minimum Gasteiger partial charge on any atom is -0.494 e. The fraction of sp³-hybridized carbons (Fsp3) is 0.529. The normalized spacial score (nSPS) is 17.4. The summed E-state index contributed by atoms with van der Waals surface area (Å²) in [7, 11) is 2.05. The fourth-order valence-electron chi connectivity index (χ4n) is 2.68. The predicted octanol–water partition coefficient (Wildman–Crippen LogP) is 3.93. The van der Waals surface area contributed by atoms with Crippen molar-refractivity contribution < 1.29 is 4.74 Å². The monoisotopic (exact) mass is 259 g/mol. The molecule has 2 rings (SSSR count). The van der Waals surface area contributed by atoms with Crippen LogP contribution in [0.4, 0.5) is 0 Å². The Bertz CT molecular complexity index is 386. The van der Waals surface area contributed by atoms with Crippen molar-refractivity contribution in [2.45, 2.75) is 44.6 Å². The molecule has 1 aliphatic carbocycles. The van der Waals surface area contributed by atoms with E-state index in [1.54, 1.807) is 5.57 Å². The summed E-state index contributed by atoms with van der Waals surface area (Å²) in [5.74, 6) is 0.965. The third kappa shape index (κ3) is 4.71. The van der Waals surface area contributed by atoms with E-state index < -0.39 is 0 Å². The molecule has 0 spiro atoms. The van der Waals surface area contributed by atoms with Crippen molar-refractivity contribution in [1.82, 2.24) is 5.32 Å². The van der Waals surface area contributed by atoms with Crippen molar-refractivity contribution in [3.8, 4) is 5.75 Å². The Kier molecular flexibility index (Phi) is 5.96. The standard InChI is InChI=1S/C17H25NO/c1-18-17(15-9-5-2-3-6-10-15)13-14-19-16-11-7-4-8-12-16/h4,7-9,11-12,17-18H,2-3,5-6,10,13-14H2,1H3. The van der Waals surface area contributed by atoms with E-state index in [9.17, 15) is 0 Å². The van der Waals surface area contributed by atoms with Crippen LogP contribution in [0, 0.1) is 0 Å². The van der Waals surface area contributed by atoms with Crippen LogP contribution in [0.25, 0.3) is 0 Å². The number of para-hydroxylation sites is 1. The van der Waals surface area contributed by atoms with E-state index in [0.29, 0.717) is 6.04 Å². The van der Waals surface area contributed by atoms with Gasteiger partial charge >= 0.3 is 0 Å². The average Bonchev–Trinajstić information content (AvgIpc) is 2.74. The average molecular weight is 259 g/mol. The molecule has 2 nitrogen and oxygen atoms in total. The van der Waals surface area contributed by atoms with Crippen LogP contribution in [-0.2, 0) is 0 Å². The molecule has 2 heteroatoms. The lowest BCUT2D eigenvalue weighted by Crippen LogP contribution is -2.29. The minimum atomic E-state index is 0.474. The first-order chi connectivity index (χ1) is 9.40. The van der Waals surface area contributed by atoms with Crippen molar-refractivity contribution >= 4 is 0 Å². The second kappa shape index (κ2) is 8.00. The number of likely N-dealkylation sites (N-methyl/N-ethyl adjacent to an activating group) is 1. The molecular weight excluding hydrogens is 234 g/mol. The van der Waals surface area contributed by atoms with Gasteiger partial charge in [-0.25, -0.2) is 0 Å². The number of ether oxygens (including phenoxy) is 1. The molecule has 19 heavy (non-hydrogen) atoms. The Morgan fingerprint density at radius 1 is 1.16 bits per heavy atom. The number of rotatable bonds is 6. The van der Waals surface area contributed by atoms with E-state index in [4.69, 9.17) is 4.74 Å². The molecule has 1 N–H and O–H groups in total. The zero-order valence-corrected chi connectivity index (χ0v) is 11.9. The van der Waals surface area contributed by atoms with E-state index in [-0.39, 0.29) is 0 Å². The van der Waals surface area contributed by atoms with Gasteiger partial charge in [0.05, 0.1) is 6.61 Å². The molecule has 1 aromatic rings. The molecular formula is C17H25NO. The summed E-state index contributed by atoms with van der Waals surface area (Å²) >= 11 is 0. The molecule has 1 atom stereocenters. The highest BCUT2D eigenvalue weighted by atomic mass is 16.5. The minimum absolute atomic E-state index is 0.474. The topological polar surface area (TPSA) is 21.3 Å². The van der Waals surface area contributed by atoms with Crippen LogP contribution in [0.2, 0.25) is 0 Å². The number of nitrogens with one attached hydrogen (secondary N) is 1. The Labute approximate surface area is 116 Å². The Morgan fingerprint density at radius 3 is 2.79 bits per heavy atom. The molecule has 1 unspecified atom stereocenters. The van der Waals surface area contributed by atoms with Gasteiger partial charge in [-0.05, 0) is 44.9 Å². The first-order valence-corrected chi connectivity index (χ1v) is 7.44. The van der Waals surface area contributed by atoms with Gasteiger partial charge in [-0.2, -0.15) is 0 Å². The second-order valence-electron chi connectivity index (χ2n) is 5.17. The lowest BCUT2D eigenvalue weighted by Gasteiger charge is -2.19. The number of hydrogen-bond donors (Lipinski definition) is 1. The fourth-order valence-corrected chi connectivity index (χ4v) is 2.68. The van der Waals surface area contributed by atoms with Crippen LogP contribution in [0.5, 0.6) is 5.75 Å². The molecule has 1 aromatic carbocycles. The van der Waals surface area contributed by atoms with Gasteiger partial charge in [-0.15, -0.1) is 0 Å². The van der Waals surface area contributed by atoms with Gasteiger partial charge in [0, 0.05) is 12.5 Å². The maximum atomic E-state index is 5.79. The molecule has 0 amide bonds. The van der Waals surface area contributed by atoms with Gasteiger partial charge in [-0.3, -0.25) is 0 Å². The summed E-state index contributed by atoms with van der Waals surface area (Å²) in [5, 5.41) is 3.44. The molecule has 0 saturated heterocycles. The molecule has 0 radical (unpaired) electrons. The van der Waals surface area contributed by atoms with Gasteiger partial charge in [0.1, 0.15) is 5.75 Å². The second-order valence-corrected chi connectivity index (χ2v) is 5.17. The summed E-state index contributed by atoms with van der Waals surface area (Å²) in [6.07, 6.45) is 10.0. The van der Waals surface area contributed by atoms with E-state index in [0.717, 1.165) is 18.8 Å². The van der Waals surface area contributed by atoms with Crippen LogP contribution in [0.1, 0.15) is 38.5 Å². The van der Waals surface area contributed by atoms with E-state index in [1.807, 2.05) is 30.3 Å². The lowest BCUT2D eigenvalue weighted by atomic mass is 10.00. The Hall–Kier alpha value is -1.28. The quantitative estimate of drug-likeness (QED) is 0.781. The van der Waals surface area contributed by atoms with Gasteiger partial charge in [-0.1, -0.05) is 36.3 Å². The third-order valence-electron chi connectivity index (χ3n) is 3.79. The van der Waals surface area contributed by atoms with Gasteiger partial charge in [0.15, 0.2) is 0 Å². The van der Waals surface area contributed by atoms with Crippen LogP contribution >= 0.6 is 0 Å². The molecule has 0 aromatic heterocycles. The lowest BCUT2D eigenvalue weighted by molar-refractivity contribution is 0.295. The summed E-state index contributed by atoms with van der Waals surface area (Å²) < 4.78 is 5.79. The molecule has 1 aliphatic rings. The van der Waals surface area contributed by atoms with Gasteiger partial charge < -0.3 is 10.1 Å². The summed E-state index contributed by atoms with van der Waals surface area (Å²) in [6.45, 7) is 0.771. The Morgan fingerprint density at radius 2 is 2.00 bits per heavy atom. The molecule has 0 bridgehead atoms.